The summed E-state index contributed by atoms with van der Waals surface area (Å²) in [5, 5.41) is 3.32. The van der Waals surface area contributed by atoms with Crippen molar-refractivity contribution in [3.63, 3.8) is 0 Å². The molecule has 38 heavy (non-hydrogen) atoms. The third-order valence-corrected chi connectivity index (χ3v) is 6.16. The molecule has 0 bridgehead atoms. The van der Waals surface area contributed by atoms with Crippen LogP contribution in [0.5, 0.6) is 17.2 Å². The molecule has 0 radical (unpaired) electrons. The molecular formula is C28H20ClFN4O4. The van der Waals surface area contributed by atoms with Crippen molar-refractivity contribution in [2.24, 2.45) is 0 Å². The van der Waals surface area contributed by atoms with E-state index in [4.69, 9.17) is 26.8 Å². The number of nitrogens with two attached hydrogens (primary N) is 1. The molecule has 5 rings (SSSR count). The van der Waals surface area contributed by atoms with Crippen molar-refractivity contribution in [2.45, 2.75) is 0 Å². The Morgan fingerprint density at radius 1 is 1.03 bits per heavy atom. The van der Waals surface area contributed by atoms with Gasteiger partial charge in [-0.1, -0.05) is 29.8 Å². The molecule has 5 aromatic rings. The SMILES string of the molecule is COc1ccc(-n2c(=O)c(C(=O)Nc3ccc(Oc4ccnc(N)c4Cl)c(F)c3)cc3ccccc32)cc1. The van der Waals surface area contributed by atoms with Crippen molar-refractivity contribution in [2.75, 3.05) is 18.2 Å². The fourth-order valence-electron chi connectivity index (χ4n) is 3.91. The van der Waals surface area contributed by atoms with Crippen molar-refractivity contribution >= 4 is 39.9 Å². The van der Waals surface area contributed by atoms with Gasteiger partial charge >= 0.3 is 0 Å². The van der Waals surface area contributed by atoms with Gasteiger partial charge in [-0.3, -0.25) is 14.2 Å². The first-order valence-corrected chi connectivity index (χ1v) is 11.7. The first kappa shape index (κ1) is 24.8. The molecule has 8 nitrogen and oxygen atoms in total. The molecule has 0 fully saturated rings. The second-order valence-electron chi connectivity index (χ2n) is 8.17. The number of carbonyl (C=O) groups excluding carboxylic acids is 1. The number of rotatable bonds is 6. The quantitative estimate of drug-likeness (QED) is 0.286. The van der Waals surface area contributed by atoms with Crippen molar-refractivity contribution in [1.82, 2.24) is 9.55 Å². The predicted molar refractivity (Wildman–Crippen MR) is 144 cm³/mol. The van der Waals surface area contributed by atoms with Gasteiger partial charge in [0.15, 0.2) is 17.3 Å². The van der Waals surface area contributed by atoms with E-state index < -0.39 is 17.3 Å². The Balaban J connectivity index is 1.47. The summed E-state index contributed by atoms with van der Waals surface area (Å²) in [6.07, 6.45) is 1.38. The zero-order valence-corrected chi connectivity index (χ0v) is 20.7. The Bertz CT molecular complexity index is 1740. The first-order valence-electron chi connectivity index (χ1n) is 11.3. The van der Waals surface area contributed by atoms with Crippen LogP contribution in [0.3, 0.4) is 0 Å². The summed E-state index contributed by atoms with van der Waals surface area (Å²) >= 11 is 6.06. The topological polar surface area (TPSA) is 108 Å². The van der Waals surface area contributed by atoms with Crippen LogP contribution in [-0.4, -0.2) is 22.6 Å². The van der Waals surface area contributed by atoms with E-state index in [9.17, 15) is 14.0 Å². The summed E-state index contributed by atoms with van der Waals surface area (Å²) in [7, 11) is 1.55. The molecule has 0 atom stereocenters. The highest BCUT2D eigenvalue weighted by Crippen LogP contribution is 2.34. The normalized spacial score (nSPS) is 10.8. The number of benzene rings is 3. The van der Waals surface area contributed by atoms with Gasteiger partial charge in [0.25, 0.3) is 11.5 Å². The number of halogens is 2. The first-order chi connectivity index (χ1) is 18.4. The van der Waals surface area contributed by atoms with E-state index in [1.165, 1.54) is 35.0 Å². The summed E-state index contributed by atoms with van der Waals surface area (Å²) in [6, 6.07) is 20.9. The van der Waals surface area contributed by atoms with Crippen LogP contribution in [0.4, 0.5) is 15.9 Å². The minimum atomic E-state index is -0.761. The number of pyridine rings is 2. The van der Waals surface area contributed by atoms with Crippen LogP contribution < -0.4 is 26.1 Å². The molecule has 0 spiro atoms. The van der Waals surface area contributed by atoms with Gasteiger partial charge in [-0.15, -0.1) is 0 Å². The Morgan fingerprint density at radius 2 is 1.79 bits per heavy atom. The Hall–Kier alpha value is -4.89. The Morgan fingerprint density at radius 3 is 2.53 bits per heavy atom. The maximum absolute atomic E-state index is 14.8. The summed E-state index contributed by atoms with van der Waals surface area (Å²) < 4.78 is 27.0. The molecule has 10 heteroatoms. The zero-order valence-electron chi connectivity index (χ0n) is 19.9. The molecule has 0 unspecified atom stereocenters. The van der Waals surface area contributed by atoms with Gasteiger partial charge in [-0.25, -0.2) is 9.37 Å². The molecule has 0 aliphatic rings. The fraction of sp³-hybridized carbons (Fsp3) is 0.0357. The second-order valence-corrected chi connectivity index (χ2v) is 8.54. The average molecular weight is 531 g/mol. The predicted octanol–water partition coefficient (Wildman–Crippen LogP) is 5.81. The summed E-state index contributed by atoms with van der Waals surface area (Å²) in [6.45, 7) is 0. The van der Waals surface area contributed by atoms with E-state index in [1.54, 1.807) is 49.6 Å². The van der Waals surface area contributed by atoms with Crippen LogP contribution in [0.2, 0.25) is 5.02 Å². The van der Waals surface area contributed by atoms with Crippen LogP contribution in [0.1, 0.15) is 10.4 Å². The van der Waals surface area contributed by atoms with Crippen molar-refractivity contribution in [1.29, 1.82) is 0 Å². The van der Waals surface area contributed by atoms with Gasteiger partial charge in [0.2, 0.25) is 0 Å². The number of methoxy groups -OCH3 is 1. The number of nitrogens with zero attached hydrogens (tertiary/aromatic N) is 2. The van der Waals surface area contributed by atoms with E-state index in [1.807, 2.05) is 6.07 Å². The van der Waals surface area contributed by atoms with Crippen LogP contribution >= 0.6 is 11.6 Å². The molecule has 3 N–H and O–H groups in total. The van der Waals surface area contributed by atoms with Crippen LogP contribution in [0.25, 0.3) is 16.6 Å². The highest BCUT2D eigenvalue weighted by molar-refractivity contribution is 6.34. The fourth-order valence-corrected chi connectivity index (χ4v) is 4.06. The number of nitrogens with one attached hydrogen (secondary N) is 1. The average Bonchev–Trinajstić information content (AvgIpc) is 2.92. The van der Waals surface area contributed by atoms with Crippen molar-refractivity contribution in [3.05, 3.63) is 112 Å². The standard InChI is InChI=1S/C28H20ClFN4O4/c1-37-19-9-7-18(8-10-19)34-22-5-3-2-4-16(22)14-20(28(34)36)27(35)33-17-6-11-23(21(30)15-17)38-24-12-13-32-26(31)25(24)29/h2-15H,1H3,(H2,31,32)(H,33,35). The number of ether oxygens (including phenoxy) is 2. The minimum absolute atomic E-state index is 0.0455. The molecule has 0 aliphatic heterocycles. The summed E-state index contributed by atoms with van der Waals surface area (Å²) in [5.74, 6) is -0.786. The molecule has 0 saturated carbocycles. The number of hydrogen-bond donors (Lipinski definition) is 2. The molecule has 3 aromatic carbocycles. The highest BCUT2D eigenvalue weighted by Gasteiger charge is 2.18. The Labute approximate surface area is 221 Å². The molecule has 2 aromatic heterocycles. The monoisotopic (exact) mass is 530 g/mol. The Kier molecular flexibility index (Phi) is 6.68. The smallest absolute Gasteiger partial charge is 0.268 e. The maximum Gasteiger partial charge on any atom is 0.268 e. The van der Waals surface area contributed by atoms with Gasteiger partial charge in [0.05, 0.1) is 12.6 Å². The molecule has 1 amide bonds. The van der Waals surface area contributed by atoms with E-state index in [-0.39, 0.29) is 33.6 Å². The van der Waals surface area contributed by atoms with Crippen LogP contribution in [0, 0.1) is 5.82 Å². The van der Waals surface area contributed by atoms with Gasteiger partial charge < -0.3 is 20.5 Å². The number of aromatic nitrogens is 2. The van der Waals surface area contributed by atoms with Gasteiger partial charge in [-0.2, -0.15) is 0 Å². The van der Waals surface area contributed by atoms with Gasteiger partial charge in [0.1, 0.15) is 22.2 Å². The third-order valence-electron chi connectivity index (χ3n) is 5.78. The number of amides is 1. The lowest BCUT2D eigenvalue weighted by Crippen LogP contribution is -2.28. The molecular weight excluding hydrogens is 511 g/mol. The van der Waals surface area contributed by atoms with Gasteiger partial charge in [-0.05, 0) is 53.9 Å². The lowest BCUT2D eigenvalue weighted by molar-refractivity contribution is 0.102. The molecule has 2 heterocycles. The molecule has 0 saturated heterocycles. The molecule has 0 aliphatic carbocycles. The number of anilines is 2. The second kappa shape index (κ2) is 10.2. The van der Waals surface area contributed by atoms with E-state index in [2.05, 4.69) is 10.3 Å². The molecule has 190 valence electrons. The van der Waals surface area contributed by atoms with Gasteiger partial charge in [0, 0.05) is 29.7 Å². The lowest BCUT2D eigenvalue weighted by Gasteiger charge is -2.14. The third kappa shape index (κ3) is 4.74. The van der Waals surface area contributed by atoms with Crippen LogP contribution in [0.15, 0.2) is 89.9 Å². The largest absolute Gasteiger partial charge is 0.497 e. The number of carbonyl (C=O) groups is 1. The summed E-state index contributed by atoms with van der Waals surface area (Å²) in [5.41, 5.74) is 6.33. The van der Waals surface area contributed by atoms with Crippen molar-refractivity contribution in [3.8, 4) is 22.9 Å². The number of nitrogen functional groups attached to an aromatic ring is 1. The zero-order chi connectivity index (χ0) is 26.8. The maximum atomic E-state index is 14.8. The highest BCUT2D eigenvalue weighted by atomic mass is 35.5. The van der Waals surface area contributed by atoms with Crippen molar-refractivity contribution < 1.29 is 18.7 Å². The van der Waals surface area contributed by atoms with Crippen LogP contribution in [-0.2, 0) is 0 Å². The number of hydrogen-bond acceptors (Lipinski definition) is 6. The number of para-hydroxylation sites is 1. The number of fused-ring (bicyclic) bond motifs is 1. The van der Waals surface area contributed by atoms with E-state index in [0.29, 0.717) is 22.3 Å². The van der Waals surface area contributed by atoms with E-state index >= 15 is 0 Å². The minimum Gasteiger partial charge on any atom is -0.497 e. The summed E-state index contributed by atoms with van der Waals surface area (Å²) in [4.78, 5) is 30.5. The van der Waals surface area contributed by atoms with E-state index in [0.717, 1.165) is 6.07 Å². The lowest BCUT2D eigenvalue weighted by atomic mass is 10.1.